The largest absolute Gasteiger partial charge is 0.398 e. The van der Waals surface area contributed by atoms with Gasteiger partial charge in [0.25, 0.3) is 0 Å². The molecule has 4 aromatic carbocycles. The highest BCUT2D eigenvalue weighted by atomic mass is 19.4. The molecule has 0 heterocycles. The van der Waals surface area contributed by atoms with Gasteiger partial charge in [0.15, 0.2) is 0 Å². The number of rotatable bonds is 16. The number of fused-ring (bicyclic) bond motifs is 4. The van der Waals surface area contributed by atoms with Gasteiger partial charge >= 0.3 is 6.18 Å². The zero-order chi connectivity index (χ0) is 81.8. The van der Waals surface area contributed by atoms with Crippen molar-refractivity contribution in [3.63, 3.8) is 0 Å². The van der Waals surface area contributed by atoms with Crippen LogP contribution in [0.25, 0.3) is 0 Å². The van der Waals surface area contributed by atoms with E-state index in [4.69, 9.17) is 46.4 Å². The average Bonchev–Trinajstić information content (AvgIpc) is 0.930. The maximum atomic E-state index is 13.3. The molecule has 15 rings (SSSR count). The highest BCUT2D eigenvalue weighted by Crippen LogP contribution is 2.67. The van der Waals surface area contributed by atoms with Crippen LogP contribution in [0.4, 0.5) is 13.2 Å². The molecule has 0 unspecified atom stereocenters. The summed E-state index contributed by atoms with van der Waals surface area (Å²) in [6.45, 7) is 53.4. The second-order valence-corrected chi connectivity index (χ2v) is 44.6. The monoisotopic (exact) mass is 1480 g/mol. The number of aryl methyl sites for hydroxylation is 1. The highest BCUT2D eigenvalue weighted by molar-refractivity contribution is 8.00. The molecule has 590 valence electrons. The Hall–Kier alpha value is -2.68. The first-order valence-electron chi connectivity index (χ1n) is 44.1. The molecule has 13 heteroatoms. The first-order valence-corrected chi connectivity index (χ1v) is 44.1. The normalized spacial score (nSPS) is 27.1. The molecule has 0 spiro atoms. The lowest BCUT2D eigenvalue weighted by molar-refractivity contribution is -0.213. The molecule has 11 saturated carbocycles. The van der Waals surface area contributed by atoms with Gasteiger partial charge in [0, 0.05) is 73.4 Å². The van der Waals surface area contributed by atoms with Gasteiger partial charge in [-0.1, -0.05) is 293 Å². The lowest BCUT2D eigenvalue weighted by atomic mass is 8.58. The van der Waals surface area contributed by atoms with Crippen molar-refractivity contribution in [2.75, 3.05) is 0 Å². The smallest absolute Gasteiger partial charge is 0.170 e. The topological polar surface area (TPSA) is 0 Å². The van der Waals surface area contributed by atoms with E-state index in [0.29, 0.717) is 38.6 Å². The van der Waals surface area contributed by atoms with Crippen molar-refractivity contribution in [3.05, 3.63) is 143 Å². The standard InChI is InChI=1S/C24H36.C18H34.C16H26.C14H24.C13H17F3.C11H16.B10.H2/c1-23(2,3)22(14-18-7-5-4-6-8-18)9-10-24-15-19-11-20(16-24)13-21(12-19)17-24;1-5-6-7-9-17-10-8-11-18(14-12-17,15-13-17)16(2,3)4;1-12(2)11-14-7-9-15(10-8-14)13(3)16(4,5)6;1-13(2,3)14-7-10-4-11(8-14)6-12(5-10)9-14;1-11(2,3)12(4,13(14,15)16)10-8-6-5-7-9-10;1-9-6-5-7-10(8-9)11(2,3)4;1-7(2)10(8(3)4)9(5)6;/h4-8,19-22H,9-17H2,1-3H3;5-15H2,1-4H3;7-10,12-13H,11H2,1-6H3;10-12H,4-9H2,1-3H3;5-9H,1-4H3;5-8H,1-4H3;;1H/t19?,20?,21?,22-,24?;;13-;;12-;;;/m0.0.0.../s1. The minimum atomic E-state index is -4.26. The second kappa shape index (κ2) is 39.1. The highest BCUT2D eigenvalue weighted by Gasteiger charge is 2.59. The minimum absolute atomic E-state index is 0. The molecular formula is C96H155B10F3. The van der Waals surface area contributed by atoms with Crippen LogP contribution < -0.4 is 0 Å². The van der Waals surface area contributed by atoms with Crippen LogP contribution in [0.1, 0.15) is 360 Å². The Morgan fingerprint density at radius 2 is 0.881 bits per heavy atom. The zero-order valence-electron chi connectivity index (χ0n) is 74.6. The summed E-state index contributed by atoms with van der Waals surface area (Å²) in [6.07, 6.45) is 34.0. The molecule has 0 saturated heterocycles. The van der Waals surface area contributed by atoms with Crippen LogP contribution in [0, 0.1) is 103 Å². The lowest BCUT2D eigenvalue weighted by Crippen LogP contribution is -2.62. The van der Waals surface area contributed by atoms with Crippen molar-refractivity contribution in [3.8, 4) is 0 Å². The van der Waals surface area contributed by atoms with Crippen LogP contribution in [0.5, 0.6) is 0 Å². The summed E-state index contributed by atoms with van der Waals surface area (Å²) in [5.74, 6) is 8.79. The summed E-state index contributed by atoms with van der Waals surface area (Å²) in [4.78, 5) is 0. The van der Waals surface area contributed by atoms with E-state index in [9.17, 15) is 13.2 Å². The van der Waals surface area contributed by atoms with E-state index in [1.165, 1.54) is 131 Å². The van der Waals surface area contributed by atoms with Crippen molar-refractivity contribution in [1.29, 1.82) is 0 Å². The quantitative estimate of drug-likeness (QED) is 0.0775. The summed E-state index contributed by atoms with van der Waals surface area (Å²) in [6, 6.07) is 37.2. The van der Waals surface area contributed by atoms with Crippen molar-refractivity contribution in [1.82, 2.24) is 0 Å². The number of hydrogen-bond donors (Lipinski definition) is 0. The molecule has 11 fully saturated rings. The van der Waals surface area contributed by atoms with Crippen LogP contribution in [0.15, 0.2) is 109 Å². The predicted octanol–water partition coefficient (Wildman–Crippen LogP) is 26.8. The van der Waals surface area contributed by atoms with Crippen LogP contribution in [0.2, 0.25) is 0 Å². The van der Waals surface area contributed by atoms with Crippen molar-refractivity contribution in [2.45, 2.75) is 362 Å². The van der Waals surface area contributed by atoms with E-state index < -0.39 is 42.5 Å². The SMILES string of the molecule is CC(C)(C)C12CC3CC(CC(C3)C1)C2.CC(C)(C)[C@@H](CCC12CC3CC(CC(C3)C1)C2)Cc1ccccc1.CC(C)(C)[C@](C)(c1ccccc1)C(F)(F)F.CC(C)Cc1ccc([C@H](C)C(C)(C)C)cc1.CCCCCC12CCCC(C(C)(C)C)(CC1)CC2.Cc1cccc(C(C)(C)C)c1.[B]B([B])B(B([B])[B])B([B])[B].[HH]. The molecule has 0 amide bonds. The van der Waals surface area contributed by atoms with Gasteiger partial charge in [-0.05, 0) is 297 Å². The third-order valence-corrected chi connectivity index (χ3v) is 30.0. The Kier molecular flexibility index (Phi) is 34.1. The predicted molar refractivity (Wildman–Crippen MR) is 485 cm³/mol. The second-order valence-electron chi connectivity index (χ2n) is 44.6. The molecule has 11 aliphatic carbocycles. The van der Waals surface area contributed by atoms with Crippen molar-refractivity contribution >= 4 is 72.0 Å². The molecule has 10 bridgehead atoms. The van der Waals surface area contributed by atoms with Crippen molar-refractivity contribution < 1.29 is 14.6 Å². The number of unbranched alkanes of at least 4 members (excludes halogenated alkanes) is 2. The molecule has 4 aromatic rings. The summed E-state index contributed by atoms with van der Waals surface area (Å²) in [5.41, 5.74) is 9.86. The minimum Gasteiger partial charge on any atom is -0.170 e. The number of hydrogen-bond acceptors (Lipinski definition) is 0. The molecule has 0 aromatic heterocycles. The van der Waals surface area contributed by atoms with Gasteiger partial charge < -0.3 is 0 Å². The fourth-order valence-corrected chi connectivity index (χ4v) is 22.2. The van der Waals surface area contributed by atoms with Crippen LogP contribution in [0.3, 0.4) is 0 Å². The third kappa shape index (κ3) is 26.7. The van der Waals surface area contributed by atoms with Crippen LogP contribution >= 0.6 is 0 Å². The molecule has 0 nitrogen and oxygen atoms in total. The fourth-order valence-electron chi connectivity index (χ4n) is 22.2. The van der Waals surface area contributed by atoms with E-state index in [0.717, 1.165) is 63.6 Å². The van der Waals surface area contributed by atoms with Gasteiger partial charge in [-0.2, -0.15) is 13.2 Å². The summed E-state index contributed by atoms with van der Waals surface area (Å²) in [5, 5.41) is 0. The fraction of sp³-hybridized carbons (Fsp3) is 0.750. The van der Waals surface area contributed by atoms with Gasteiger partial charge in [-0.3, -0.25) is 0 Å². The average molecular weight is 1470 g/mol. The number of alkyl halides is 3. The van der Waals surface area contributed by atoms with E-state index >= 15 is 0 Å². The van der Waals surface area contributed by atoms with Crippen LogP contribution in [-0.2, 0) is 23.7 Å². The first-order chi connectivity index (χ1) is 50.2. The Bertz CT molecular complexity index is 3170. The van der Waals surface area contributed by atoms with Crippen LogP contribution in [-0.4, -0.2) is 78.1 Å². The zero-order valence-corrected chi connectivity index (χ0v) is 74.6. The van der Waals surface area contributed by atoms with E-state index in [2.05, 4.69) is 217 Å². The van der Waals surface area contributed by atoms with Gasteiger partial charge in [0.2, 0.25) is 0 Å². The van der Waals surface area contributed by atoms with Gasteiger partial charge in [-0.15, -0.1) is 0 Å². The maximum absolute atomic E-state index is 13.3. The van der Waals surface area contributed by atoms with Gasteiger partial charge in [0.1, 0.15) is 0 Å². The van der Waals surface area contributed by atoms with E-state index in [1.807, 2.05) is 0 Å². The van der Waals surface area contributed by atoms with E-state index in [-0.39, 0.29) is 6.84 Å². The molecule has 3 atom stereocenters. The number of halogens is 3. The Morgan fingerprint density at radius 3 is 1.24 bits per heavy atom. The molecule has 109 heavy (non-hydrogen) atoms. The first kappa shape index (κ1) is 95.2. The maximum Gasteiger partial charge on any atom is 0.398 e. The van der Waals surface area contributed by atoms with Gasteiger partial charge in [-0.25, -0.2) is 0 Å². The van der Waals surface area contributed by atoms with Crippen molar-refractivity contribution in [2.24, 2.45) is 96.1 Å². The molecular weight excluding hydrogens is 1320 g/mol. The Morgan fingerprint density at radius 1 is 0.450 bits per heavy atom. The van der Waals surface area contributed by atoms with E-state index in [1.54, 1.807) is 128 Å². The summed E-state index contributed by atoms with van der Waals surface area (Å²) < 4.78 is 39.9. The summed E-state index contributed by atoms with van der Waals surface area (Å²) in [7, 11) is 31.8. The Labute approximate surface area is 683 Å². The Balaban J connectivity index is 0.000000233. The number of benzene rings is 4. The summed E-state index contributed by atoms with van der Waals surface area (Å²) >= 11 is 0. The molecule has 0 aliphatic heterocycles. The molecule has 0 N–H and O–H groups in total. The lowest BCUT2D eigenvalue weighted by Gasteiger charge is -2.62. The molecule has 12 radical (unpaired) electrons. The third-order valence-electron chi connectivity index (χ3n) is 30.0. The van der Waals surface area contributed by atoms with Gasteiger partial charge in [0.05, 0.1) is 5.41 Å². The molecule has 11 aliphatic rings.